The Morgan fingerprint density at radius 2 is 2.33 bits per heavy atom. The van der Waals surface area contributed by atoms with Gasteiger partial charge in [-0.3, -0.25) is 9.89 Å². The number of aliphatic imine (C=N–C) groups is 1. The Balaban J connectivity index is 1.95. The first-order valence-corrected chi connectivity index (χ1v) is 10.1. The molecule has 2 heterocycles. The lowest BCUT2D eigenvalue weighted by Crippen LogP contribution is -2.45. The van der Waals surface area contributed by atoms with Gasteiger partial charge < -0.3 is 10.2 Å². The SMILES string of the molecule is CCNC(=NCC(C)N1CCCCC1C)N(C)Cc1csc(C)n1. The molecule has 1 N–H and O–H groups in total. The molecule has 1 aromatic heterocycles. The van der Waals surface area contributed by atoms with E-state index in [1.54, 1.807) is 11.3 Å². The first kappa shape index (κ1) is 19.2. The second-order valence-corrected chi connectivity index (χ2v) is 7.90. The maximum atomic E-state index is 4.89. The van der Waals surface area contributed by atoms with Crippen LogP contribution in [0.3, 0.4) is 0 Å². The van der Waals surface area contributed by atoms with Gasteiger partial charge in [-0.25, -0.2) is 4.98 Å². The average Bonchev–Trinajstić information content (AvgIpc) is 2.96. The highest BCUT2D eigenvalue weighted by Gasteiger charge is 2.23. The number of nitrogens with one attached hydrogen (secondary N) is 1. The third kappa shape index (κ3) is 5.45. The molecule has 2 rings (SSSR count). The van der Waals surface area contributed by atoms with Gasteiger partial charge >= 0.3 is 0 Å². The van der Waals surface area contributed by atoms with E-state index in [9.17, 15) is 0 Å². The zero-order chi connectivity index (χ0) is 17.5. The van der Waals surface area contributed by atoms with Crippen LogP contribution in [0.15, 0.2) is 10.4 Å². The van der Waals surface area contributed by atoms with Crippen LogP contribution in [0.5, 0.6) is 0 Å². The van der Waals surface area contributed by atoms with Gasteiger partial charge in [-0.05, 0) is 47.1 Å². The monoisotopic (exact) mass is 351 g/mol. The van der Waals surface area contributed by atoms with Crippen molar-refractivity contribution in [2.75, 3.05) is 26.7 Å². The average molecular weight is 352 g/mol. The molecule has 5 nitrogen and oxygen atoms in total. The molecule has 136 valence electrons. The molecule has 2 unspecified atom stereocenters. The van der Waals surface area contributed by atoms with Gasteiger partial charge in [0.1, 0.15) is 0 Å². The molecule has 0 bridgehead atoms. The van der Waals surface area contributed by atoms with E-state index in [-0.39, 0.29) is 0 Å². The summed E-state index contributed by atoms with van der Waals surface area (Å²) in [6.45, 7) is 12.6. The summed E-state index contributed by atoms with van der Waals surface area (Å²) in [7, 11) is 2.09. The van der Waals surface area contributed by atoms with Crippen LogP contribution in [0, 0.1) is 6.92 Å². The van der Waals surface area contributed by atoms with Gasteiger partial charge in [-0.2, -0.15) is 0 Å². The molecule has 0 aromatic carbocycles. The summed E-state index contributed by atoms with van der Waals surface area (Å²) in [6.07, 6.45) is 4.00. The van der Waals surface area contributed by atoms with Gasteiger partial charge in [0.2, 0.25) is 0 Å². The maximum Gasteiger partial charge on any atom is 0.194 e. The molecule has 1 fully saturated rings. The molecule has 6 heteroatoms. The lowest BCUT2D eigenvalue weighted by atomic mass is 10.0. The smallest absolute Gasteiger partial charge is 0.194 e. The minimum Gasteiger partial charge on any atom is -0.357 e. The predicted molar refractivity (Wildman–Crippen MR) is 104 cm³/mol. The first-order chi connectivity index (χ1) is 11.5. The highest BCUT2D eigenvalue weighted by atomic mass is 32.1. The Labute approximate surface area is 151 Å². The molecule has 2 atom stereocenters. The number of nitrogens with zero attached hydrogens (tertiary/aromatic N) is 4. The summed E-state index contributed by atoms with van der Waals surface area (Å²) in [5, 5.41) is 6.66. The van der Waals surface area contributed by atoms with E-state index < -0.39 is 0 Å². The third-order valence-electron chi connectivity index (χ3n) is 4.69. The highest BCUT2D eigenvalue weighted by Crippen LogP contribution is 2.19. The molecule has 0 amide bonds. The molecular formula is C18H33N5S. The Morgan fingerprint density at radius 1 is 1.54 bits per heavy atom. The van der Waals surface area contributed by atoms with E-state index in [4.69, 9.17) is 4.99 Å². The van der Waals surface area contributed by atoms with Gasteiger partial charge in [0.15, 0.2) is 5.96 Å². The van der Waals surface area contributed by atoms with E-state index in [2.05, 4.69) is 60.2 Å². The number of hydrogen-bond acceptors (Lipinski definition) is 4. The van der Waals surface area contributed by atoms with Gasteiger partial charge in [0.25, 0.3) is 0 Å². The van der Waals surface area contributed by atoms with E-state index >= 15 is 0 Å². The minimum absolute atomic E-state index is 0.490. The van der Waals surface area contributed by atoms with Crippen molar-refractivity contribution in [1.82, 2.24) is 20.1 Å². The normalized spacial score (nSPS) is 20.9. The van der Waals surface area contributed by atoms with Crippen molar-refractivity contribution in [1.29, 1.82) is 0 Å². The Bertz CT molecular complexity index is 527. The number of guanidine groups is 1. The summed E-state index contributed by atoms with van der Waals surface area (Å²) in [5.74, 6) is 0.972. The van der Waals surface area contributed by atoms with Crippen LogP contribution in [0.4, 0.5) is 0 Å². The van der Waals surface area contributed by atoms with Gasteiger partial charge in [-0.15, -0.1) is 11.3 Å². The number of piperidine rings is 1. The Hall–Kier alpha value is -1.14. The lowest BCUT2D eigenvalue weighted by Gasteiger charge is -2.37. The van der Waals surface area contributed by atoms with Crippen LogP contribution in [-0.4, -0.2) is 59.5 Å². The molecule has 1 saturated heterocycles. The van der Waals surface area contributed by atoms with E-state index in [1.165, 1.54) is 25.8 Å². The summed E-state index contributed by atoms with van der Waals surface area (Å²) in [4.78, 5) is 14.2. The fourth-order valence-corrected chi connectivity index (χ4v) is 3.97. The largest absolute Gasteiger partial charge is 0.357 e. The molecule has 0 saturated carbocycles. The van der Waals surface area contributed by atoms with Crippen molar-refractivity contribution in [2.45, 2.75) is 65.6 Å². The Kier molecular flexibility index (Phi) is 7.49. The van der Waals surface area contributed by atoms with E-state index in [0.717, 1.165) is 36.3 Å². The van der Waals surface area contributed by atoms with E-state index in [1.807, 2.05) is 0 Å². The van der Waals surface area contributed by atoms with Crippen molar-refractivity contribution in [3.63, 3.8) is 0 Å². The van der Waals surface area contributed by atoms with Gasteiger partial charge in [0.05, 0.1) is 23.8 Å². The van der Waals surface area contributed by atoms with Crippen LogP contribution in [0.2, 0.25) is 0 Å². The van der Waals surface area contributed by atoms with Crippen LogP contribution in [0.1, 0.15) is 50.7 Å². The van der Waals surface area contributed by atoms with Crippen LogP contribution in [0.25, 0.3) is 0 Å². The van der Waals surface area contributed by atoms with Crippen LogP contribution >= 0.6 is 11.3 Å². The fourth-order valence-electron chi connectivity index (χ4n) is 3.37. The third-order valence-corrected chi connectivity index (χ3v) is 5.51. The quantitative estimate of drug-likeness (QED) is 0.632. The number of rotatable bonds is 6. The number of hydrogen-bond donors (Lipinski definition) is 1. The molecule has 0 spiro atoms. The molecule has 1 aliphatic heterocycles. The molecule has 1 aromatic rings. The number of thiazole rings is 1. The molecule has 24 heavy (non-hydrogen) atoms. The number of aromatic nitrogens is 1. The summed E-state index contributed by atoms with van der Waals surface area (Å²) >= 11 is 1.70. The van der Waals surface area contributed by atoms with Crippen molar-refractivity contribution >= 4 is 17.3 Å². The Morgan fingerprint density at radius 3 is 2.96 bits per heavy atom. The van der Waals surface area contributed by atoms with Crippen LogP contribution < -0.4 is 5.32 Å². The highest BCUT2D eigenvalue weighted by molar-refractivity contribution is 7.09. The zero-order valence-corrected chi connectivity index (χ0v) is 16.7. The standard InChI is InChI=1S/C18H33N5S/c1-6-19-18(22(5)12-17-13-24-16(4)21-17)20-11-15(3)23-10-8-7-9-14(23)2/h13-15H,6-12H2,1-5H3,(H,19,20). The molecule has 1 aliphatic rings. The fraction of sp³-hybridized carbons (Fsp3) is 0.778. The summed E-state index contributed by atoms with van der Waals surface area (Å²) in [6, 6.07) is 1.17. The van der Waals surface area contributed by atoms with Gasteiger partial charge in [-0.1, -0.05) is 6.42 Å². The topological polar surface area (TPSA) is 43.8 Å². The summed E-state index contributed by atoms with van der Waals surface area (Å²) < 4.78 is 0. The first-order valence-electron chi connectivity index (χ1n) is 9.17. The van der Waals surface area contributed by atoms with Crippen molar-refractivity contribution < 1.29 is 0 Å². The predicted octanol–water partition coefficient (Wildman–Crippen LogP) is 3.11. The van der Waals surface area contributed by atoms with Crippen molar-refractivity contribution in [3.05, 3.63) is 16.1 Å². The van der Waals surface area contributed by atoms with Crippen molar-refractivity contribution in [2.24, 2.45) is 4.99 Å². The summed E-state index contributed by atoms with van der Waals surface area (Å²) in [5.41, 5.74) is 1.11. The zero-order valence-electron chi connectivity index (χ0n) is 15.9. The molecule has 0 radical (unpaired) electrons. The maximum absolute atomic E-state index is 4.89. The van der Waals surface area contributed by atoms with E-state index in [0.29, 0.717) is 12.1 Å². The number of likely N-dealkylation sites (tertiary alicyclic amines) is 1. The van der Waals surface area contributed by atoms with Crippen molar-refractivity contribution in [3.8, 4) is 0 Å². The second kappa shape index (κ2) is 9.37. The minimum atomic E-state index is 0.490. The molecular weight excluding hydrogens is 318 g/mol. The van der Waals surface area contributed by atoms with Crippen LogP contribution in [-0.2, 0) is 6.54 Å². The number of aryl methyl sites for hydroxylation is 1. The molecule has 0 aliphatic carbocycles. The lowest BCUT2D eigenvalue weighted by molar-refractivity contribution is 0.118. The van der Waals surface area contributed by atoms with Gasteiger partial charge in [0, 0.05) is 31.1 Å². The second-order valence-electron chi connectivity index (χ2n) is 6.84.